The van der Waals surface area contributed by atoms with Crippen molar-refractivity contribution < 1.29 is 32.5 Å². The highest BCUT2D eigenvalue weighted by atomic mass is 35.5. The third-order valence-corrected chi connectivity index (χ3v) is 4.11. The average Bonchev–Trinajstić information content (AvgIpc) is 2.68. The Hall–Kier alpha value is -2.13. The molecule has 9 heteroatoms. The second kappa shape index (κ2) is 12.5. The summed E-state index contributed by atoms with van der Waals surface area (Å²) in [6.45, 7) is 0.906. The summed E-state index contributed by atoms with van der Waals surface area (Å²) in [6.07, 6.45) is -5.20. The van der Waals surface area contributed by atoms with Crippen LogP contribution in [0.4, 0.5) is 13.2 Å². The van der Waals surface area contributed by atoms with Gasteiger partial charge >= 0.3 is 6.18 Å². The van der Waals surface area contributed by atoms with Crippen LogP contribution in [0.25, 0.3) is 0 Å². The Morgan fingerprint density at radius 1 is 1.17 bits per heavy atom. The molecule has 0 fully saturated rings. The number of hydrogen-bond acceptors (Lipinski definition) is 5. The lowest BCUT2D eigenvalue weighted by Gasteiger charge is -2.15. The molecule has 5 nitrogen and oxygen atoms in total. The van der Waals surface area contributed by atoms with Crippen molar-refractivity contribution in [3.8, 4) is 5.75 Å². The molecule has 2 rings (SSSR count). The number of carbonyl (C=O) groups is 1. The van der Waals surface area contributed by atoms with Crippen LogP contribution in [0.2, 0.25) is 0 Å². The molecule has 166 valence electrons. The molecule has 1 atom stereocenters. The zero-order chi connectivity index (χ0) is 21.3. The molecule has 1 unspecified atom stereocenters. The van der Waals surface area contributed by atoms with Gasteiger partial charge in [-0.3, -0.25) is 4.79 Å². The Kier molecular flexibility index (Phi) is 10.8. The van der Waals surface area contributed by atoms with Crippen LogP contribution in [-0.2, 0) is 22.1 Å². The van der Waals surface area contributed by atoms with Gasteiger partial charge in [0, 0.05) is 26.6 Å². The third-order valence-electron chi connectivity index (χ3n) is 4.11. The van der Waals surface area contributed by atoms with Gasteiger partial charge in [-0.2, -0.15) is 13.2 Å². The number of carbonyl (C=O) groups excluding carboxylic acids is 1. The molecule has 0 radical (unpaired) electrons. The summed E-state index contributed by atoms with van der Waals surface area (Å²) < 4.78 is 48.5. The van der Waals surface area contributed by atoms with E-state index in [0.717, 1.165) is 17.7 Å². The average molecular weight is 448 g/mol. The summed E-state index contributed by atoms with van der Waals surface area (Å²) >= 11 is 0. The van der Waals surface area contributed by atoms with Gasteiger partial charge in [0.2, 0.25) is 0 Å². The highest BCUT2D eigenvalue weighted by Crippen LogP contribution is 2.30. The minimum atomic E-state index is -4.44. The predicted molar refractivity (Wildman–Crippen MR) is 109 cm³/mol. The lowest BCUT2D eigenvalue weighted by atomic mass is 10.1. The van der Waals surface area contributed by atoms with Gasteiger partial charge in [-0.1, -0.05) is 24.3 Å². The van der Waals surface area contributed by atoms with E-state index in [9.17, 15) is 23.1 Å². The fourth-order valence-electron chi connectivity index (χ4n) is 2.66. The highest BCUT2D eigenvalue weighted by molar-refractivity contribution is 5.85. The van der Waals surface area contributed by atoms with E-state index in [0.29, 0.717) is 25.3 Å². The van der Waals surface area contributed by atoms with Gasteiger partial charge in [-0.05, 0) is 35.4 Å². The van der Waals surface area contributed by atoms with Gasteiger partial charge in [0.25, 0.3) is 0 Å². The first kappa shape index (κ1) is 25.9. The van der Waals surface area contributed by atoms with Crippen LogP contribution >= 0.6 is 12.4 Å². The van der Waals surface area contributed by atoms with E-state index in [4.69, 9.17) is 9.47 Å². The zero-order valence-corrected chi connectivity index (χ0v) is 17.3. The van der Waals surface area contributed by atoms with Crippen molar-refractivity contribution in [2.75, 3.05) is 33.4 Å². The van der Waals surface area contributed by atoms with Crippen LogP contribution in [-0.4, -0.2) is 44.3 Å². The van der Waals surface area contributed by atoms with Gasteiger partial charge < -0.3 is 19.9 Å². The number of halogens is 4. The first-order chi connectivity index (χ1) is 13.8. The number of rotatable bonds is 11. The van der Waals surface area contributed by atoms with Crippen molar-refractivity contribution in [2.45, 2.75) is 18.7 Å². The fraction of sp³-hybridized carbons (Fsp3) is 0.381. The predicted octanol–water partition coefficient (Wildman–Crippen LogP) is 3.59. The third kappa shape index (κ3) is 8.71. The Bertz CT molecular complexity index is 785. The first-order valence-corrected chi connectivity index (χ1v) is 9.08. The number of Topliss-reactive ketones (excluding diaryl/α,β-unsaturated/α-hetero) is 1. The van der Waals surface area contributed by atoms with Gasteiger partial charge in [0.15, 0.2) is 5.78 Å². The van der Waals surface area contributed by atoms with Crippen molar-refractivity contribution in [3.05, 3.63) is 65.2 Å². The molecular formula is C21H25ClF3NO4. The summed E-state index contributed by atoms with van der Waals surface area (Å²) in [5, 5.41) is 13.0. The number of aliphatic hydroxyl groups excluding tert-OH is 1. The number of hydrogen-bond donors (Lipinski definition) is 2. The maximum absolute atomic E-state index is 12.7. The number of aliphatic hydroxyl groups is 1. The molecule has 2 aromatic rings. The molecule has 0 aromatic heterocycles. The van der Waals surface area contributed by atoms with Crippen LogP contribution in [0.15, 0.2) is 48.5 Å². The molecule has 2 N–H and O–H groups in total. The van der Waals surface area contributed by atoms with Gasteiger partial charge in [-0.15, -0.1) is 12.4 Å². The lowest BCUT2D eigenvalue weighted by molar-refractivity contribution is -0.137. The van der Waals surface area contributed by atoms with Crippen molar-refractivity contribution in [1.82, 2.24) is 5.32 Å². The number of benzene rings is 2. The van der Waals surface area contributed by atoms with Crippen molar-refractivity contribution in [3.63, 3.8) is 0 Å². The molecule has 0 spiro atoms. The lowest BCUT2D eigenvalue weighted by Crippen LogP contribution is -2.26. The minimum absolute atomic E-state index is 0. The summed E-state index contributed by atoms with van der Waals surface area (Å²) in [4.78, 5) is 11.5. The van der Waals surface area contributed by atoms with Crippen LogP contribution in [0, 0.1) is 0 Å². The molecule has 0 saturated heterocycles. The molecule has 30 heavy (non-hydrogen) atoms. The van der Waals surface area contributed by atoms with E-state index in [2.05, 4.69) is 5.32 Å². The van der Waals surface area contributed by atoms with E-state index in [-0.39, 0.29) is 36.9 Å². The minimum Gasteiger partial charge on any atom is -0.492 e. The molecule has 0 aliphatic carbocycles. The van der Waals surface area contributed by atoms with Crippen molar-refractivity contribution in [1.29, 1.82) is 0 Å². The zero-order valence-electron chi connectivity index (χ0n) is 16.4. The molecular weight excluding hydrogens is 423 g/mol. The Morgan fingerprint density at radius 3 is 2.50 bits per heavy atom. The van der Waals surface area contributed by atoms with Gasteiger partial charge in [0.1, 0.15) is 19.0 Å². The second-order valence-corrected chi connectivity index (χ2v) is 6.48. The monoisotopic (exact) mass is 447 g/mol. The molecule has 2 aromatic carbocycles. The molecule has 0 saturated carbocycles. The summed E-state index contributed by atoms with van der Waals surface area (Å²) in [7, 11) is 1.47. The quantitative estimate of drug-likeness (QED) is 0.515. The van der Waals surface area contributed by atoms with Crippen molar-refractivity contribution >= 4 is 18.2 Å². The van der Waals surface area contributed by atoms with Gasteiger partial charge in [-0.25, -0.2) is 0 Å². The number of ether oxygens (including phenoxy) is 2. The fourth-order valence-corrected chi connectivity index (χ4v) is 2.66. The molecule has 0 heterocycles. The molecule has 0 bridgehead atoms. The number of alkyl halides is 3. The van der Waals surface area contributed by atoms with Gasteiger partial charge in [0.05, 0.1) is 11.7 Å². The maximum atomic E-state index is 12.7. The van der Waals surface area contributed by atoms with Crippen LogP contribution in [0.5, 0.6) is 5.75 Å². The van der Waals surface area contributed by atoms with Crippen LogP contribution in [0.1, 0.15) is 22.8 Å². The maximum Gasteiger partial charge on any atom is 0.416 e. The van der Waals surface area contributed by atoms with E-state index in [1.807, 2.05) is 0 Å². The Balaban J connectivity index is 0.00000450. The summed E-state index contributed by atoms with van der Waals surface area (Å²) in [5.41, 5.74) is 0.276. The topological polar surface area (TPSA) is 67.8 Å². The van der Waals surface area contributed by atoms with E-state index >= 15 is 0 Å². The largest absolute Gasteiger partial charge is 0.492 e. The van der Waals surface area contributed by atoms with Crippen LogP contribution in [0.3, 0.4) is 0 Å². The SMILES string of the molecule is COCC(=O)Cc1ccc(OCCNCC(O)c2cccc(C(F)(F)F)c2)cc1.Cl. The molecule has 0 aliphatic rings. The summed E-state index contributed by atoms with van der Waals surface area (Å²) in [5.74, 6) is 0.623. The van der Waals surface area contributed by atoms with Crippen LogP contribution < -0.4 is 10.1 Å². The Morgan fingerprint density at radius 2 is 1.87 bits per heavy atom. The van der Waals surface area contributed by atoms with E-state index < -0.39 is 17.8 Å². The second-order valence-electron chi connectivity index (χ2n) is 6.48. The number of nitrogens with one attached hydrogen (secondary N) is 1. The van der Waals surface area contributed by atoms with E-state index in [1.54, 1.807) is 24.3 Å². The molecule has 0 amide bonds. The smallest absolute Gasteiger partial charge is 0.416 e. The standard InChI is InChI=1S/C21H24F3NO4.ClH/c1-28-14-18(26)11-15-5-7-19(8-6-15)29-10-9-25-13-20(27)16-3-2-4-17(12-16)21(22,23)24;/h2-8,12,20,25,27H,9-11,13-14H2,1H3;1H. The van der Waals surface area contributed by atoms with E-state index in [1.165, 1.54) is 19.2 Å². The molecule has 0 aliphatic heterocycles. The number of ketones is 1. The summed E-state index contributed by atoms with van der Waals surface area (Å²) in [6, 6.07) is 11.8. The number of methoxy groups -OCH3 is 1. The van der Waals surface area contributed by atoms with Crippen molar-refractivity contribution in [2.24, 2.45) is 0 Å². The normalized spacial score (nSPS) is 12.2. The first-order valence-electron chi connectivity index (χ1n) is 9.08. The Labute approximate surface area is 179 Å². The highest BCUT2D eigenvalue weighted by Gasteiger charge is 2.30.